The van der Waals surface area contributed by atoms with Crippen LogP contribution in [0, 0.1) is 10.1 Å². The lowest BCUT2D eigenvalue weighted by Crippen LogP contribution is -2.32. The summed E-state index contributed by atoms with van der Waals surface area (Å²) in [6, 6.07) is 13.9. The van der Waals surface area contributed by atoms with Crippen molar-refractivity contribution >= 4 is 11.6 Å². The number of nitro groups is 1. The number of hydrogen-bond donors (Lipinski definition) is 1. The maximum Gasteiger partial charge on any atom is 0.282 e. The fourth-order valence-corrected chi connectivity index (χ4v) is 2.75. The van der Waals surface area contributed by atoms with E-state index in [2.05, 4.69) is 11.4 Å². The largest absolute Gasteiger partial charge is 0.371 e. The minimum Gasteiger partial charge on any atom is -0.371 e. The summed E-state index contributed by atoms with van der Waals surface area (Å²) in [6.07, 6.45) is 0.622. The molecule has 1 aliphatic heterocycles. The zero-order valence-corrected chi connectivity index (χ0v) is 12.4. The standard InChI is InChI=1S/C17H16N2O4/c20-17(14-7-3-4-8-15(14)19(21)22)18-11-16-13-6-2-1-5-12(13)9-10-23-16/h1-8,16H,9-11H2,(H,18,20). The summed E-state index contributed by atoms with van der Waals surface area (Å²) in [4.78, 5) is 22.7. The van der Waals surface area contributed by atoms with Crippen LogP contribution in [0.25, 0.3) is 0 Å². The molecule has 1 unspecified atom stereocenters. The number of nitrogens with zero attached hydrogens (tertiary/aromatic N) is 1. The molecule has 23 heavy (non-hydrogen) atoms. The predicted octanol–water partition coefficient (Wildman–Crippen LogP) is 2.64. The van der Waals surface area contributed by atoms with Crippen molar-refractivity contribution in [2.75, 3.05) is 13.2 Å². The van der Waals surface area contributed by atoms with E-state index in [0.717, 1.165) is 12.0 Å². The molecule has 1 atom stereocenters. The summed E-state index contributed by atoms with van der Waals surface area (Å²) in [5.41, 5.74) is 2.13. The third-order valence-corrected chi connectivity index (χ3v) is 3.89. The number of ether oxygens (including phenoxy) is 1. The van der Waals surface area contributed by atoms with Gasteiger partial charge in [0.25, 0.3) is 11.6 Å². The van der Waals surface area contributed by atoms with Crippen molar-refractivity contribution in [3.63, 3.8) is 0 Å². The molecule has 2 aromatic carbocycles. The SMILES string of the molecule is O=C(NCC1OCCc2ccccc21)c1ccccc1[N+](=O)[O-]. The third kappa shape index (κ3) is 3.22. The minimum absolute atomic E-state index is 0.0570. The number of rotatable bonds is 4. The molecular weight excluding hydrogens is 296 g/mol. The number of para-hydroxylation sites is 1. The first kappa shape index (κ1) is 15.2. The molecule has 3 rings (SSSR count). The quantitative estimate of drug-likeness (QED) is 0.695. The van der Waals surface area contributed by atoms with Gasteiger partial charge in [0.15, 0.2) is 0 Å². The Balaban J connectivity index is 1.72. The lowest BCUT2D eigenvalue weighted by Gasteiger charge is -2.26. The molecule has 2 aromatic rings. The second kappa shape index (κ2) is 6.58. The normalized spacial score (nSPS) is 16.4. The maximum atomic E-state index is 12.3. The van der Waals surface area contributed by atoms with Crippen molar-refractivity contribution in [3.8, 4) is 0 Å². The van der Waals surface area contributed by atoms with Crippen molar-refractivity contribution in [2.24, 2.45) is 0 Å². The van der Waals surface area contributed by atoms with Gasteiger partial charge in [-0.05, 0) is 23.6 Å². The molecule has 0 saturated carbocycles. The van der Waals surface area contributed by atoms with Gasteiger partial charge in [-0.25, -0.2) is 0 Å². The lowest BCUT2D eigenvalue weighted by atomic mass is 9.97. The number of nitrogens with one attached hydrogen (secondary N) is 1. The van der Waals surface area contributed by atoms with Gasteiger partial charge in [0, 0.05) is 12.6 Å². The molecule has 0 bridgehead atoms. The summed E-state index contributed by atoms with van der Waals surface area (Å²) in [7, 11) is 0. The smallest absolute Gasteiger partial charge is 0.282 e. The lowest BCUT2D eigenvalue weighted by molar-refractivity contribution is -0.385. The van der Waals surface area contributed by atoms with Gasteiger partial charge in [-0.1, -0.05) is 36.4 Å². The van der Waals surface area contributed by atoms with Crippen molar-refractivity contribution in [1.82, 2.24) is 5.32 Å². The highest BCUT2D eigenvalue weighted by Crippen LogP contribution is 2.26. The Kier molecular flexibility index (Phi) is 4.34. The van der Waals surface area contributed by atoms with Crippen LogP contribution in [0.3, 0.4) is 0 Å². The molecule has 118 valence electrons. The first-order valence-electron chi connectivity index (χ1n) is 7.38. The first-order valence-corrected chi connectivity index (χ1v) is 7.38. The number of amides is 1. The number of hydrogen-bond acceptors (Lipinski definition) is 4. The average Bonchev–Trinajstić information content (AvgIpc) is 2.59. The van der Waals surface area contributed by atoms with Gasteiger partial charge in [0.1, 0.15) is 11.7 Å². The van der Waals surface area contributed by atoms with E-state index in [4.69, 9.17) is 4.74 Å². The summed E-state index contributed by atoms with van der Waals surface area (Å²) < 4.78 is 5.72. The minimum atomic E-state index is -0.554. The Labute approximate surface area is 133 Å². The summed E-state index contributed by atoms with van der Waals surface area (Å²) >= 11 is 0. The van der Waals surface area contributed by atoms with E-state index < -0.39 is 10.8 Å². The predicted molar refractivity (Wildman–Crippen MR) is 84.3 cm³/mol. The van der Waals surface area contributed by atoms with Crippen LogP contribution in [0.4, 0.5) is 5.69 Å². The number of fused-ring (bicyclic) bond motifs is 1. The van der Waals surface area contributed by atoms with E-state index >= 15 is 0 Å². The van der Waals surface area contributed by atoms with Crippen LogP contribution in [0.2, 0.25) is 0 Å². The molecule has 1 amide bonds. The molecule has 6 nitrogen and oxygen atoms in total. The highest BCUT2D eigenvalue weighted by Gasteiger charge is 2.23. The van der Waals surface area contributed by atoms with Crippen LogP contribution in [0.15, 0.2) is 48.5 Å². The van der Waals surface area contributed by atoms with E-state index in [0.29, 0.717) is 6.61 Å². The molecule has 1 N–H and O–H groups in total. The van der Waals surface area contributed by atoms with E-state index in [1.54, 1.807) is 6.07 Å². The highest BCUT2D eigenvalue weighted by atomic mass is 16.6. The molecule has 1 heterocycles. The molecule has 0 aromatic heterocycles. The van der Waals surface area contributed by atoms with E-state index in [1.807, 2.05) is 18.2 Å². The molecule has 0 radical (unpaired) electrons. The number of benzene rings is 2. The fraction of sp³-hybridized carbons (Fsp3) is 0.235. The Morgan fingerprint density at radius 1 is 1.22 bits per heavy atom. The van der Waals surface area contributed by atoms with Crippen LogP contribution < -0.4 is 5.32 Å². The van der Waals surface area contributed by atoms with Crippen molar-refractivity contribution in [3.05, 3.63) is 75.3 Å². The second-order valence-electron chi connectivity index (χ2n) is 5.29. The van der Waals surface area contributed by atoms with Crippen LogP contribution in [-0.4, -0.2) is 24.0 Å². The van der Waals surface area contributed by atoms with Crippen LogP contribution in [0.1, 0.15) is 27.6 Å². The van der Waals surface area contributed by atoms with E-state index in [9.17, 15) is 14.9 Å². The van der Waals surface area contributed by atoms with Gasteiger partial charge in [0.2, 0.25) is 0 Å². The fourth-order valence-electron chi connectivity index (χ4n) is 2.75. The molecule has 1 aliphatic rings. The Hall–Kier alpha value is -2.73. The molecule has 0 aliphatic carbocycles. The average molecular weight is 312 g/mol. The Morgan fingerprint density at radius 3 is 2.78 bits per heavy atom. The monoisotopic (exact) mass is 312 g/mol. The zero-order valence-electron chi connectivity index (χ0n) is 12.4. The summed E-state index contributed by atoms with van der Waals surface area (Å²) in [5.74, 6) is -0.469. The van der Waals surface area contributed by atoms with Gasteiger partial charge in [-0.3, -0.25) is 14.9 Å². The van der Waals surface area contributed by atoms with Crippen LogP contribution >= 0.6 is 0 Å². The molecule has 0 fully saturated rings. The van der Waals surface area contributed by atoms with Gasteiger partial charge < -0.3 is 10.1 Å². The zero-order chi connectivity index (χ0) is 16.2. The highest BCUT2D eigenvalue weighted by molar-refractivity contribution is 5.98. The number of carbonyl (C=O) groups is 1. The van der Waals surface area contributed by atoms with Crippen LogP contribution in [-0.2, 0) is 11.2 Å². The van der Waals surface area contributed by atoms with Gasteiger partial charge in [-0.15, -0.1) is 0 Å². The topological polar surface area (TPSA) is 81.5 Å². The summed E-state index contributed by atoms with van der Waals surface area (Å²) in [6.45, 7) is 0.880. The molecular formula is C17H16N2O4. The van der Waals surface area contributed by atoms with Crippen molar-refractivity contribution in [2.45, 2.75) is 12.5 Å². The Bertz CT molecular complexity index is 745. The number of nitro benzene ring substituents is 1. The van der Waals surface area contributed by atoms with Gasteiger partial charge in [0.05, 0.1) is 11.5 Å². The van der Waals surface area contributed by atoms with E-state index in [-0.39, 0.29) is 23.9 Å². The Morgan fingerprint density at radius 2 is 1.96 bits per heavy atom. The maximum absolute atomic E-state index is 12.3. The van der Waals surface area contributed by atoms with Gasteiger partial charge >= 0.3 is 0 Å². The third-order valence-electron chi connectivity index (χ3n) is 3.89. The molecule has 0 saturated heterocycles. The van der Waals surface area contributed by atoms with Crippen molar-refractivity contribution < 1.29 is 14.5 Å². The number of carbonyl (C=O) groups excluding carboxylic acids is 1. The molecule has 0 spiro atoms. The second-order valence-corrected chi connectivity index (χ2v) is 5.29. The van der Waals surface area contributed by atoms with Gasteiger partial charge in [-0.2, -0.15) is 0 Å². The van der Waals surface area contributed by atoms with E-state index in [1.165, 1.54) is 23.8 Å². The summed E-state index contributed by atoms with van der Waals surface area (Å²) in [5, 5.41) is 13.7. The van der Waals surface area contributed by atoms with Crippen LogP contribution in [0.5, 0.6) is 0 Å². The molecule has 6 heteroatoms. The van der Waals surface area contributed by atoms with Crippen molar-refractivity contribution in [1.29, 1.82) is 0 Å². The first-order chi connectivity index (χ1) is 11.2.